The molecule has 7 nitrogen and oxygen atoms in total. The minimum atomic E-state index is -0.493. The Bertz CT molecular complexity index is 586. The van der Waals surface area contributed by atoms with Crippen molar-refractivity contribution >= 4 is 34.2 Å². The second kappa shape index (κ2) is 5.87. The average molecular weight is 282 g/mol. The molecule has 0 saturated heterocycles. The predicted octanol–water partition coefficient (Wildman–Crippen LogP) is 2.68. The van der Waals surface area contributed by atoms with Crippen LogP contribution in [0.2, 0.25) is 0 Å². The van der Waals surface area contributed by atoms with Crippen molar-refractivity contribution in [2.75, 3.05) is 16.8 Å². The van der Waals surface area contributed by atoms with Crippen molar-refractivity contribution in [2.45, 2.75) is 19.9 Å². The maximum atomic E-state index is 10.9. The van der Waals surface area contributed by atoms with Gasteiger partial charge in [-0.15, -0.1) is 0 Å². The number of hydrogen-bond acceptors (Lipinski definition) is 7. The minimum absolute atomic E-state index is 0.0996. The van der Waals surface area contributed by atoms with Crippen molar-refractivity contribution in [3.05, 3.63) is 22.2 Å². The van der Waals surface area contributed by atoms with Gasteiger partial charge in [-0.25, -0.2) is 4.63 Å². The van der Waals surface area contributed by atoms with Crippen LogP contribution in [0.25, 0.3) is 11.0 Å². The first kappa shape index (κ1) is 13.6. The monoisotopic (exact) mass is 282 g/mol. The molecule has 1 heterocycles. The fraction of sp³-hybridized carbons (Fsp3) is 0.455. The lowest BCUT2D eigenvalue weighted by molar-refractivity contribution is -0.383. The Kier molecular flexibility index (Phi) is 4.20. The van der Waals surface area contributed by atoms with Gasteiger partial charge in [0.2, 0.25) is 5.52 Å². The number of hydrogen-bond donors (Lipinski definition) is 1. The van der Waals surface area contributed by atoms with Crippen molar-refractivity contribution < 1.29 is 9.55 Å². The molecule has 1 N–H and O–H groups in total. The van der Waals surface area contributed by atoms with E-state index >= 15 is 0 Å². The number of fused-ring (bicyclic) bond motifs is 1. The van der Waals surface area contributed by atoms with Crippen LogP contribution in [-0.4, -0.2) is 32.8 Å². The van der Waals surface area contributed by atoms with Gasteiger partial charge in [0.15, 0.2) is 5.52 Å². The van der Waals surface area contributed by atoms with E-state index in [4.69, 9.17) is 0 Å². The van der Waals surface area contributed by atoms with Crippen LogP contribution in [0.1, 0.15) is 13.8 Å². The molecule has 2 rings (SSSR count). The highest BCUT2D eigenvalue weighted by atomic mass is 32.2. The van der Waals surface area contributed by atoms with Crippen molar-refractivity contribution in [1.82, 2.24) is 10.3 Å². The van der Waals surface area contributed by atoms with Crippen LogP contribution >= 0.6 is 11.8 Å². The van der Waals surface area contributed by atoms with Crippen molar-refractivity contribution in [1.29, 1.82) is 0 Å². The minimum Gasteiger partial charge on any atom is -0.380 e. The van der Waals surface area contributed by atoms with Gasteiger partial charge in [-0.05, 0) is 29.1 Å². The molecule has 8 heteroatoms. The van der Waals surface area contributed by atoms with Gasteiger partial charge in [-0.3, -0.25) is 10.1 Å². The van der Waals surface area contributed by atoms with E-state index in [1.165, 1.54) is 6.07 Å². The molecular formula is C11H14N4O3S. The van der Waals surface area contributed by atoms with Gasteiger partial charge in [0, 0.05) is 17.9 Å². The molecule has 102 valence electrons. The van der Waals surface area contributed by atoms with Gasteiger partial charge in [-0.2, -0.15) is 11.8 Å². The lowest BCUT2D eigenvalue weighted by Gasteiger charge is -2.14. The molecule has 2 aromatic rings. The van der Waals surface area contributed by atoms with Gasteiger partial charge in [-0.1, -0.05) is 6.92 Å². The Labute approximate surface area is 113 Å². The summed E-state index contributed by atoms with van der Waals surface area (Å²) in [4.78, 5) is 10.4. The Morgan fingerprint density at radius 2 is 2.21 bits per heavy atom. The fourth-order valence-electron chi connectivity index (χ4n) is 1.72. The maximum absolute atomic E-state index is 10.9. The van der Waals surface area contributed by atoms with Crippen LogP contribution in [0.4, 0.5) is 11.4 Å². The fourth-order valence-corrected chi connectivity index (χ4v) is 2.39. The molecule has 19 heavy (non-hydrogen) atoms. The second-order valence-corrected chi connectivity index (χ2v) is 5.37. The van der Waals surface area contributed by atoms with Crippen LogP contribution in [0, 0.1) is 10.1 Å². The van der Waals surface area contributed by atoms with Crippen LogP contribution in [0.15, 0.2) is 16.8 Å². The largest absolute Gasteiger partial charge is 0.380 e. The van der Waals surface area contributed by atoms with Gasteiger partial charge >= 0.3 is 5.69 Å². The van der Waals surface area contributed by atoms with Crippen molar-refractivity contribution in [3.8, 4) is 0 Å². The number of non-ortho nitro benzene ring substituents is 1. The molecule has 0 fully saturated rings. The molecular weight excluding hydrogens is 268 g/mol. The number of aromatic nitrogens is 2. The van der Waals surface area contributed by atoms with E-state index in [0.717, 1.165) is 11.5 Å². The number of nitro benzene ring substituents is 1. The van der Waals surface area contributed by atoms with Crippen LogP contribution in [-0.2, 0) is 0 Å². The number of benzene rings is 1. The molecule has 0 aliphatic heterocycles. The van der Waals surface area contributed by atoms with Crippen molar-refractivity contribution in [2.24, 2.45) is 0 Å². The van der Waals surface area contributed by atoms with E-state index in [-0.39, 0.29) is 17.2 Å². The van der Waals surface area contributed by atoms with E-state index in [9.17, 15) is 10.1 Å². The summed E-state index contributed by atoms with van der Waals surface area (Å²) in [5, 5.41) is 21.5. The molecule has 1 unspecified atom stereocenters. The van der Waals surface area contributed by atoms with E-state index < -0.39 is 4.92 Å². The van der Waals surface area contributed by atoms with Crippen molar-refractivity contribution in [3.63, 3.8) is 0 Å². The third-order valence-electron chi connectivity index (χ3n) is 2.56. The number of thioether (sulfide) groups is 1. The van der Waals surface area contributed by atoms with Crippen LogP contribution in [0.5, 0.6) is 0 Å². The van der Waals surface area contributed by atoms with Gasteiger partial charge < -0.3 is 5.32 Å². The maximum Gasteiger partial charge on any atom is 0.300 e. The molecule has 0 aliphatic carbocycles. The summed E-state index contributed by atoms with van der Waals surface area (Å²) in [6, 6.07) is 3.28. The Balaban J connectivity index is 2.27. The summed E-state index contributed by atoms with van der Waals surface area (Å²) in [6.45, 7) is 4.15. The molecule has 0 radical (unpaired) electrons. The van der Waals surface area contributed by atoms with Gasteiger partial charge in [0.1, 0.15) is 0 Å². The molecule has 0 amide bonds. The third-order valence-corrected chi connectivity index (χ3v) is 3.71. The summed E-state index contributed by atoms with van der Waals surface area (Å²) in [5.74, 6) is 1.99. The molecule has 0 spiro atoms. The molecule has 0 aliphatic rings. The normalized spacial score (nSPS) is 12.5. The molecule has 0 bridgehead atoms. The number of nitro groups is 1. The van der Waals surface area contributed by atoms with E-state index in [0.29, 0.717) is 11.2 Å². The zero-order valence-electron chi connectivity index (χ0n) is 10.6. The first-order valence-corrected chi connectivity index (χ1v) is 7.03. The van der Waals surface area contributed by atoms with E-state index in [1.807, 2.05) is 18.7 Å². The smallest absolute Gasteiger partial charge is 0.300 e. The quantitative estimate of drug-likeness (QED) is 0.643. The highest BCUT2D eigenvalue weighted by Crippen LogP contribution is 2.29. The third kappa shape index (κ3) is 2.95. The Morgan fingerprint density at radius 1 is 1.47 bits per heavy atom. The average Bonchev–Trinajstić information content (AvgIpc) is 2.85. The van der Waals surface area contributed by atoms with Crippen LogP contribution in [0.3, 0.4) is 0 Å². The standard InChI is InChI=1S/C11H14N4O3S/c1-3-19-6-7(2)12-8-4-5-9(15(16)17)11-10(8)13-18-14-11/h4-5,7,12H,3,6H2,1-2H3. The van der Waals surface area contributed by atoms with E-state index in [2.05, 4.69) is 27.2 Å². The lowest BCUT2D eigenvalue weighted by atomic mass is 10.2. The van der Waals surface area contributed by atoms with Gasteiger partial charge in [0.25, 0.3) is 0 Å². The number of rotatable bonds is 6. The SMILES string of the molecule is CCSCC(C)Nc1ccc([N+](=O)[O-])c2nonc12. The summed E-state index contributed by atoms with van der Waals surface area (Å²) in [6.07, 6.45) is 0. The number of nitrogens with zero attached hydrogens (tertiary/aromatic N) is 3. The Morgan fingerprint density at radius 3 is 2.89 bits per heavy atom. The van der Waals surface area contributed by atoms with Crippen LogP contribution < -0.4 is 5.32 Å². The Hall–Kier alpha value is -1.83. The lowest BCUT2D eigenvalue weighted by Crippen LogP contribution is -2.18. The summed E-state index contributed by atoms with van der Waals surface area (Å²) in [7, 11) is 0. The molecule has 1 aromatic carbocycles. The number of nitrogens with one attached hydrogen (secondary N) is 1. The molecule has 1 aromatic heterocycles. The predicted molar refractivity (Wildman–Crippen MR) is 74.5 cm³/mol. The summed E-state index contributed by atoms with van der Waals surface area (Å²) >= 11 is 1.82. The first-order chi connectivity index (χ1) is 9.13. The van der Waals surface area contributed by atoms with E-state index in [1.54, 1.807) is 6.07 Å². The highest BCUT2D eigenvalue weighted by molar-refractivity contribution is 7.99. The number of anilines is 1. The first-order valence-electron chi connectivity index (χ1n) is 5.87. The summed E-state index contributed by atoms with van der Waals surface area (Å²) in [5.41, 5.74) is 1.16. The topological polar surface area (TPSA) is 94.1 Å². The summed E-state index contributed by atoms with van der Waals surface area (Å²) < 4.78 is 4.61. The molecule has 0 saturated carbocycles. The van der Waals surface area contributed by atoms with Gasteiger partial charge in [0.05, 0.1) is 10.6 Å². The zero-order valence-corrected chi connectivity index (χ0v) is 11.4. The highest BCUT2D eigenvalue weighted by Gasteiger charge is 2.20. The molecule has 1 atom stereocenters. The zero-order chi connectivity index (χ0) is 13.8. The second-order valence-electron chi connectivity index (χ2n) is 4.06.